The molecule has 2 amide bonds. The molecule has 0 aliphatic carbocycles. The molecule has 2 aromatic carbocycles. The summed E-state index contributed by atoms with van der Waals surface area (Å²) >= 11 is 1.47. The van der Waals surface area contributed by atoms with Crippen LogP contribution in [0.4, 0.5) is 11.4 Å². The van der Waals surface area contributed by atoms with E-state index in [0.29, 0.717) is 22.7 Å². The van der Waals surface area contributed by atoms with Crippen LogP contribution in [0, 0.1) is 13.8 Å². The Hall–Kier alpha value is -3.59. The van der Waals surface area contributed by atoms with Gasteiger partial charge >= 0.3 is 5.97 Å². The number of amides is 2. The van der Waals surface area contributed by atoms with Crippen LogP contribution in [0.3, 0.4) is 0 Å². The van der Waals surface area contributed by atoms with Crippen molar-refractivity contribution >= 4 is 40.9 Å². The van der Waals surface area contributed by atoms with Gasteiger partial charge in [0.15, 0.2) is 6.61 Å². The average molecular weight is 452 g/mol. The molecule has 4 rings (SSSR count). The average Bonchev–Trinajstić information content (AvgIpc) is 3.12. The summed E-state index contributed by atoms with van der Waals surface area (Å²) in [4.78, 5) is 39.5. The van der Waals surface area contributed by atoms with Gasteiger partial charge in [-0.2, -0.15) is 0 Å². The number of thioether (sulfide) groups is 1. The highest BCUT2D eigenvalue weighted by atomic mass is 32.2. The summed E-state index contributed by atoms with van der Waals surface area (Å²) in [6, 6.07) is 14.0. The smallest absolute Gasteiger partial charge is 0.339 e. The number of hydrogen-bond donors (Lipinski definition) is 1. The molecule has 0 fully saturated rings. The van der Waals surface area contributed by atoms with E-state index in [9.17, 15) is 14.4 Å². The normalized spacial score (nSPS) is 12.8. The van der Waals surface area contributed by atoms with E-state index in [2.05, 4.69) is 10.5 Å². The molecule has 0 atom stereocenters. The van der Waals surface area contributed by atoms with Crippen LogP contribution in [0.1, 0.15) is 27.4 Å². The highest BCUT2D eigenvalue weighted by molar-refractivity contribution is 7.98. The Kier molecular flexibility index (Phi) is 6.27. The minimum absolute atomic E-state index is 0.128. The number of ether oxygens (including phenoxy) is 1. The number of hydrogen-bond acceptors (Lipinski definition) is 7. The minimum atomic E-state index is -0.602. The standard InChI is InChI=1S/C23H21N3O5S/c1-14-17(15(2)31-25-14)13-32-20-10-6-3-7-16(20)23(29)30-12-22(28)26-11-21(27)24-18-8-4-5-9-19(18)26/h3-10H,11-13H2,1-2H3,(H,24,27). The number of aromatic nitrogens is 1. The third-order valence-electron chi connectivity index (χ3n) is 5.06. The minimum Gasteiger partial charge on any atom is -0.452 e. The molecule has 0 radical (unpaired) electrons. The van der Waals surface area contributed by atoms with Gasteiger partial charge in [0.05, 0.1) is 22.6 Å². The van der Waals surface area contributed by atoms with Gasteiger partial charge in [0.2, 0.25) is 5.91 Å². The van der Waals surface area contributed by atoms with Gasteiger partial charge in [-0.05, 0) is 38.1 Å². The van der Waals surface area contributed by atoms with Crippen LogP contribution in [-0.4, -0.2) is 36.1 Å². The molecule has 164 valence electrons. The van der Waals surface area contributed by atoms with E-state index < -0.39 is 18.5 Å². The number of rotatable bonds is 6. The number of carbonyl (C=O) groups excluding carboxylic acids is 3. The first-order chi connectivity index (χ1) is 15.4. The van der Waals surface area contributed by atoms with E-state index in [0.717, 1.165) is 21.9 Å². The molecule has 0 bridgehead atoms. The number of para-hydroxylation sites is 2. The summed E-state index contributed by atoms with van der Waals surface area (Å²) in [5, 5.41) is 6.67. The Morgan fingerprint density at radius 3 is 2.69 bits per heavy atom. The van der Waals surface area contributed by atoms with Gasteiger partial charge in [-0.1, -0.05) is 29.4 Å². The van der Waals surface area contributed by atoms with Gasteiger partial charge < -0.3 is 14.6 Å². The second-order valence-corrected chi connectivity index (χ2v) is 8.23. The summed E-state index contributed by atoms with van der Waals surface area (Å²) < 4.78 is 10.5. The van der Waals surface area contributed by atoms with Gasteiger partial charge in [-0.3, -0.25) is 14.5 Å². The molecule has 32 heavy (non-hydrogen) atoms. The van der Waals surface area contributed by atoms with Crippen molar-refractivity contribution in [3.05, 3.63) is 71.1 Å². The molecule has 0 saturated carbocycles. The van der Waals surface area contributed by atoms with Crippen molar-refractivity contribution < 1.29 is 23.6 Å². The predicted octanol–water partition coefficient (Wildman–Crippen LogP) is 3.73. The first-order valence-electron chi connectivity index (χ1n) is 9.94. The maximum atomic E-state index is 12.7. The van der Waals surface area contributed by atoms with E-state index >= 15 is 0 Å². The fourth-order valence-corrected chi connectivity index (χ4v) is 4.55. The predicted molar refractivity (Wildman–Crippen MR) is 120 cm³/mol. The lowest BCUT2D eigenvalue weighted by molar-refractivity contribution is -0.124. The lowest BCUT2D eigenvalue weighted by atomic mass is 10.2. The second kappa shape index (κ2) is 9.27. The maximum absolute atomic E-state index is 12.7. The lowest BCUT2D eigenvalue weighted by Crippen LogP contribution is -2.44. The first kappa shape index (κ1) is 21.6. The first-order valence-corrected chi connectivity index (χ1v) is 10.9. The van der Waals surface area contributed by atoms with Crippen molar-refractivity contribution in [3.8, 4) is 0 Å². The Balaban J connectivity index is 1.43. The third-order valence-corrected chi connectivity index (χ3v) is 6.16. The van der Waals surface area contributed by atoms with E-state index in [1.807, 2.05) is 26.0 Å². The van der Waals surface area contributed by atoms with Crippen molar-refractivity contribution in [2.75, 3.05) is 23.4 Å². The Morgan fingerprint density at radius 2 is 1.91 bits per heavy atom. The van der Waals surface area contributed by atoms with Crippen molar-refractivity contribution in [3.63, 3.8) is 0 Å². The van der Waals surface area contributed by atoms with Crippen molar-refractivity contribution in [1.29, 1.82) is 0 Å². The van der Waals surface area contributed by atoms with Gasteiger partial charge in [0, 0.05) is 16.2 Å². The summed E-state index contributed by atoms with van der Waals surface area (Å²) in [7, 11) is 0. The highest BCUT2D eigenvalue weighted by Gasteiger charge is 2.27. The number of aryl methyl sites for hydroxylation is 2. The van der Waals surface area contributed by atoms with Gasteiger partial charge in [-0.15, -0.1) is 11.8 Å². The molecule has 1 aliphatic heterocycles. The number of benzene rings is 2. The van der Waals surface area contributed by atoms with Gasteiger partial charge in [0.25, 0.3) is 5.91 Å². The molecule has 0 unspecified atom stereocenters. The molecule has 2 heterocycles. The highest BCUT2D eigenvalue weighted by Crippen LogP contribution is 2.30. The second-order valence-electron chi connectivity index (χ2n) is 7.21. The lowest BCUT2D eigenvalue weighted by Gasteiger charge is -2.28. The summed E-state index contributed by atoms with van der Waals surface area (Å²) in [5.41, 5.74) is 3.28. The van der Waals surface area contributed by atoms with E-state index in [4.69, 9.17) is 9.26 Å². The summed E-state index contributed by atoms with van der Waals surface area (Å²) in [5.74, 6) is -0.0447. The molecule has 0 spiro atoms. The molecule has 3 aromatic rings. The summed E-state index contributed by atoms with van der Waals surface area (Å²) in [6.07, 6.45) is 0. The van der Waals surface area contributed by atoms with Crippen LogP contribution in [-0.2, 0) is 20.1 Å². The Morgan fingerprint density at radius 1 is 1.16 bits per heavy atom. The third kappa shape index (κ3) is 4.52. The number of carbonyl (C=O) groups is 3. The van der Waals surface area contributed by atoms with Gasteiger partial charge in [0.1, 0.15) is 12.3 Å². The van der Waals surface area contributed by atoms with E-state index in [-0.39, 0.29) is 12.5 Å². The van der Waals surface area contributed by atoms with Crippen LogP contribution in [0.5, 0.6) is 0 Å². The Labute approximate surface area is 188 Å². The van der Waals surface area contributed by atoms with E-state index in [1.54, 1.807) is 36.4 Å². The monoisotopic (exact) mass is 451 g/mol. The van der Waals surface area contributed by atoms with Crippen LogP contribution in [0.2, 0.25) is 0 Å². The molecule has 0 saturated heterocycles. The maximum Gasteiger partial charge on any atom is 0.339 e. The zero-order valence-corrected chi connectivity index (χ0v) is 18.4. The molecule has 1 aliphatic rings. The largest absolute Gasteiger partial charge is 0.452 e. The SMILES string of the molecule is Cc1noc(C)c1CSc1ccccc1C(=O)OCC(=O)N1CC(=O)Nc2ccccc21. The number of nitrogens with one attached hydrogen (secondary N) is 1. The van der Waals surface area contributed by atoms with Crippen molar-refractivity contribution in [1.82, 2.24) is 5.16 Å². The number of nitrogens with zero attached hydrogens (tertiary/aromatic N) is 2. The zero-order chi connectivity index (χ0) is 22.7. The topological polar surface area (TPSA) is 102 Å². The Bertz CT molecular complexity index is 1170. The number of anilines is 2. The number of fused-ring (bicyclic) bond motifs is 1. The quantitative estimate of drug-likeness (QED) is 0.450. The molecule has 8 nitrogen and oxygen atoms in total. The molecule has 1 aromatic heterocycles. The van der Waals surface area contributed by atoms with Crippen LogP contribution >= 0.6 is 11.8 Å². The van der Waals surface area contributed by atoms with Crippen LogP contribution in [0.25, 0.3) is 0 Å². The van der Waals surface area contributed by atoms with Crippen molar-refractivity contribution in [2.45, 2.75) is 24.5 Å². The number of esters is 1. The molecule has 9 heteroatoms. The molecule has 1 N–H and O–H groups in total. The van der Waals surface area contributed by atoms with Gasteiger partial charge in [-0.25, -0.2) is 4.79 Å². The zero-order valence-electron chi connectivity index (χ0n) is 17.6. The fourth-order valence-electron chi connectivity index (χ4n) is 3.36. The molecular weight excluding hydrogens is 430 g/mol. The fraction of sp³-hybridized carbons (Fsp3) is 0.217. The molecular formula is C23H21N3O5S. The van der Waals surface area contributed by atoms with E-state index in [1.165, 1.54) is 16.7 Å². The van der Waals surface area contributed by atoms with Crippen LogP contribution < -0.4 is 10.2 Å². The van der Waals surface area contributed by atoms with Crippen molar-refractivity contribution in [2.24, 2.45) is 0 Å². The van der Waals surface area contributed by atoms with Crippen LogP contribution in [0.15, 0.2) is 57.9 Å². The summed E-state index contributed by atoms with van der Waals surface area (Å²) in [6.45, 7) is 3.12.